The molecule has 0 unspecified atom stereocenters. The smallest absolute Gasteiger partial charge is 0.0186 e. The summed E-state index contributed by atoms with van der Waals surface area (Å²) >= 11 is 0. The van der Waals surface area contributed by atoms with Crippen LogP contribution in [0.4, 0.5) is 0 Å². The molecule has 1 heteroatoms. The molecule has 0 bridgehead atoms. The Kier molecular flexibility index (Phi) is 61.1. The standard InChI is InChI=1S/C72H147N/c1-7-13-19-25-31-37-43-49-55-61-67-71(65-59-53-47-41-35-29-23-17-11-5,68-62-56-50-44-38-32-26-20-14-8-2)73-72(66-60-54-48-42-36-30-24-18-12-6,69-63-57-51-45-39-33-27-21-15-9-3)70-64-58-52-46-40-34-28-22-16-10-4/h73H,7-70H2,1-6H3. The van der Waals surface area contributed by atoms with Crippen LogP contribution in [0, 0.1) is 0 Å². The summed E-state index contributed by atoms with van der Waals surface area (Å²) in [4.78, 5) is 0. The molecule has 1 N–H and O–H groups in total. The maximum atomic E-state index is 5.05. The summed E-state index contributed by atoms with van der Waals surface area (Å²) in [7, 11) is 0. The molecule has 440 valence electrons. The van der Waals surface area contributed by atoms with Gasteiger partial charge in [0.15, 0.2) is 0 Å². The number of hydrogen-bond donors (Lipinski definition) is 1. The Labute approximate surface area is 466 Å². The van der Waals surface area contributed by atoms with E-state index in [4.69, 9.17) is 5.32 Å². The van der Waals surface area contributed by atoms with Crippen LogP contribution in [0.15, 0.2) is 0 Å². The van der Waals surface area contributed by atoms with E-state index < -0.39 is 0 Å². The van der Waals surface area contributed by atoms with Crippen LogP contribution >= 0.6 is 0 Å². The highest BCUT2D eigenvalue weighted by Crippen LogP contribution is 2.38. The highest BCUT2D eigenvalue weighted by Gasteiger charge is 2.38. The van der Waals surface area contributed by atoms with Crippen LogP contribution in [0.2, 0.25) is 0 Å². The summed E-state index contributed by atoms with van der Waals surface area (Å²) < 4.78 is 0. The molecule has 0 heterocycles. The molecule has 1 nitrogen and oxygen atoms in total. The molecule has 0 aromatic heterocycles. The summed E-state index contributed by atoms with van der Waals surface area (Å²) in [6.45, 7) is 14.2. The normalized spacial score (nSPS) is 12.2. The first-order valence-electron chi connectivity index (χ1n) is 35.9. The van der Waals surface area contributed by atoms with Crippen LogP contribution < -0.4 is 5.32 Å². The van der Waals surface area contributed by atoms with Crippen molar-refractivity contribution in [3.63, 3.8) is 0 Å². The van der Waals surface area contributed by atoms with Crippen molar-refractivity contribution >= 4 is 0 Å². The van der Waals surface area contributed by atoms with Crippen molar-refractivity contribution in [1.82, 2.24) is 5.32 Å². The van der Waals surface area contributed by atoms with E-state index in [0.29, 0.717) is 11.1 Å². The van der Waals surface area contributed by atoms with Crippen molar-refractivity contribution in [3.8, 4) is 0 Å². The largest absolute Gasteiger partial charge is 0.306 e. The third-order valence-corrected chi connectivity index (χ3v) is 18.1. The molecule has 0 aromatic rings. The minimum Gasteiger partial charge on any atom is -0.306 e. The van der Waals surface area contributed by atoms with Gasteiger partial charge < -0.3 is 5.32 Å². The molecular formula is C72H147N. The molecular weight excluding hydrogens is 879 g/mol. The second-order valence-electron chi connectivity index (χ2n) is 25.6. The van der Waals surface area contributed by atoms with E-state index in [1.807, 2.05) is 0 Å². The number of rotatable bonds is 66. The van der Waals surface area contributed by atoms with Crippen LogP contribution in [0.25, 0.3) is 0 Å². The zero-order chi connectivity index (χ0) is 53.0. The predicted molar refractivity (Wildman–Crippen MR) is 338 cm³/mol. The lowest BCUT2D eigenvalue weighted by atomic mass is 9.74. The van der Waals surface area contributed by atoms with E-state index in [1.165, 1.54) is 411 Å². The van der Waals surface area contributed by atoms with Crippen molar-refractivity contribution in [3.05, 3.63) is 0 Å². The number of nitrogens with one attached hydrogen (secondary N) is 1. The monoisotopic (exact) mass is 1030 g/mol. The van der Waals surface area contributed by atoms with Gasteiger partial charge in [0.2, 0.25) is 0 Å². The first kappa shape index (κ1) is 73.0. The molecule has 0 amide bonds. The predicted octanol–water partition coefficient (Wildman–Crippen LogP) is 27.1. The van der Waals surface area contributed by atoms with Gasteiger partial charge in [-0.3, -0.25) is 0 Å². The molecule has 0 aliphatic carbocycles. The van der Waals surface area contributed by atoms with Crippen LogP contribution in [0.3, 0.4) is 0 Å². The van der Waals surface area contributed by atoms with Crippen LogP contribution in [-0.2, 0) is 0 Å². The van der Waals surface area contributed by atoms with E-state index in [-0.39, 0.29) is 0 Å². The lowest BCUT2D eigenvalue weighted by molar-refractivity contribution is 0.124. The van der Waals surface area contributed by atoms with Gasteiger partial charge in [-0.1, -0.05) is 414 Å². The minimum atomic E-state index is 0.331. The fraction of sp³-hybridized carbons (Fsp3) is 1.00. The minimum absolute atomic E-state index is 0.331. The topological polar surface area (TPSA) is 12.0 Å². The van der Waals surface area contributed by atoms with Gasteiger partial charge in [-0.15, -0.1) is 0 Å². The van der Waals surface area contributed by atoms with E-state index in [0.717, 1.165) is 0 Å². The lowest BCUT2D eigenvalue weighted by Gasteiger charge is -2.47. The van der Waals surface area contributed by atoms with Crippen molar-refractivity contribution < 1.29 is 0 Å². The summed E-state index contributed by atoms with van der Waals surface area (Å²) in [5.74, 6) is 0. The molecule has 73 heavy (non-hydrogen) atoms. The SMILES string of the molecule is CCCCCCCCCCCCC(CCCCCCCCCCC)(CCCCCCCCCCCC)NC(CCCCCCCCCCC)(CCCCCCCCCCCC)CCCCCCCCCCCC. The molecule has 0 aromatic carbocycles. The molecule has 0 aliphatic rings. The van der Waals surface area contributed by atoms with Gasteiger partial charge in [0.05, 0.1) is 0 Å². The maximum Gasteiger partial charge on any atom is 0.0186 e. The van der Waals surface area contributed by atoms with Crippen molar-refractivity contribution in [1.29, 1.82) is 0 Å². The van der Waals surface area contributed by atoms with Gasteiger partial charge in [0, 0.05) is 11.1 Å². The second kappa shape index (κ2) is 61.2. The Bertz CT molecular complexity index is 845. The van der Waals surface area contributed by atoms with Gasteiger partial charge in [-0.2, -0.15) is 0 Å². The summed E-state index contributed by atoms with van der Waals surface area (Å²) in [6.07, 6.45) is 93.1. The Morgan fingerprint density at radius 3 is 0.342 bits per heavy atom. The fourth-order valence-electron chi connectivity index (χ4n) is 13.0. The average Bonchev–Trinajstić information content (AvgIpc) is 3.39. The summed E-state index contributed by atoms with van der Waals surface area (Å²) in [5, 5.41) is 5.05. The molecule has 0 saturated heterocycles. The Hall–Kier alpha value is -0.0400. The second-order valence-corrected chi connectivity index (χ2v) is 25.6. The van der Waals surface area contributed by atoms with Crippen LogP contribution in [0.1, 0.15) is 452 Å². The van der Waals surface area contributed by atoms with E-state index in [2.05, 4.69) is 41.5 Å². The van der Waals surface area contributed by atoms with Crippen molar-refractivity contribution in [2.45, 2.75) is 464 Å². The van der Waals surface area contributed by atoms with E-state index in [1.54, 1.807) is 0 Å². The first-order valence-corrected chi connectivity index (χ1v) is 35.9. The van der Waals surface area contributed by atoms with Gasteiger partial charge >= 0.3 is 0 Å². The first-order chi connectivity index (χ1) is 36.1. The molecule has 0 fully saturated rings. The van der Waals surface area contributed by atoms with Gasteiger partial charge in [-0.25, -0.2) is 0 Å². The molecule has 0 rings (SSSR count). The Morgan fingerprint density at radius 2 is 0.233 bits per heavy atom. The molecule has 0 aliphatic heterocycles. The number of hydrogen-bond acceptors (Lipinski definition) is 1. The highest BCUT2D eigenvalue weighted by atomic mass is 15.1. The quantitative estimate of drug-likeness (QED) is 0.0599. The highest BCUT2D eigenvalue weighted by molar-refractivity contribution is 4.99. The third kappa shape index (κ3) is 52.4. The van der Waals surface area contributed by atoms with Gasteiger partial charge in [0.25, 0.3) is 0 Å². The van der Waals surface area contributed by atoms with E-state index >= 15 is 0 Å². The van der Waals surface area contributed by atoms with Crippen molar-refractivity contribution in [2.24, 2.45) is 0 Å². The summed E-state index contributed by atoms with van der Waals surface area (Å²) in [6, 6.07) is 0. The zero-order valence-electron chi connectivity index (χ0n) is 52.8. The Morgan fingerprint density at radius 1 is 0.137 bits per heavy atom. The van der Waals surface area contributed by atoms with Gasteiger partial charge in [-0.05, 0) is 38.5 Å². The molecule has 0 saturated carbocycles. The third-order valence-electron chi connectivity index (χ3n) is 18.1. The van der Waals surface area contributed by atoms with Crippen LogP contribution in [-0.4, -0.2) is 11.1 Å². The molecule has 0 radical (unpaired) electrons. The van der Waals surface area contributed by atoms with Crippen LogP contribution in [0.5, 0.6) is 0 Å². The molecule has 0 spiro atoms. The number of unbranched alkanes of at least 4 members (excludes halogenated alkanes) is 52. The summed E-state index contributed by atoms with van der Waals surface area (Å²) in [5.41, 5.74) is 0.662. The van der Waals surface area contributed by atoms with Gasteiger partial charge in [0.1, 0.15) is 0 Å². The average molecular weight is 1030 g/mol. The van der Waals surface area contributed by atoms with Crippen molar-refractivity contribution in [2.75, 3.05) is 0 Å². The fourth-order valence-corrected chi connectivity index (χ4v) is 13.0. The van der Waals surface area contributed by atoms with E-state index in [9.17, 15) is 0 Å². The lowest BCUT2D eigenvalue weighted by Crippen LogP contribution is -2.58. The maximum absolute atomic E-state index is 5.05. The zero-order valence-corrected chi connectivity index (χ0v) is 52.8. The Balaban J connectivity index is 6.61. The molecule has 0 atom stereocenters.